The van der Waals surface area contributed by atoms with Crippen LogP contribution in [0.1, 0.15) is 5.56 Å². The molecule has 2 aromatic carbocycles. The molecule has 0 fully saturated rings. The van der Waals surface area contributed by atoms with Crippen LogP contribution < -0.4 is 24.3 Å². The maximum atomic E-state index is 13.1. The number of hydrogen-bond acceptors (Lipinski definition) is 7. The molecule has 0 spiro atoms. The van der Waals surface area contributed by atoms with E-state index in [4.69, 9.17) is 37.4 Å². The van der Waals surface area contributed by atoms with Gasteiger partial charge in [-0.3, -0.25) is 4.79 Å². The molecule has 7 nitrogen and oxygen atoms in total. The van der Waals surface area contributed by atoms with Crippen molar-refractivity contribution in [1.29, 1.82) is 0 Å². The molecule has 4 rings (SSSR count). The molecule has 2 heterocycles. The Morgan fingerprint density at radius 2 is 1.70 bits per heavy atom. The predicted octanol–water partition coefficient (Wildman–Crippen LogP) is 3.70. The molecule has 2 aromatic heterocycles. The first-order chi connectivity index (χ1) is 14.5. The second-order valence-corrected chi connectivity index (χ2v) is 7.99. The molecule has 154 valence electrons. The first-order valence-corrected chi connectivity index (χ1v) is 10.2. The van der Waals surface area contributed by atoms with Gasteiger partial charge in [-0.1, -0.05) is 40.6 Å². The van der Waals surface area contributed by atoms with E-state index in [2.05, 4.69) is 10.2 Å². The van der Waals surface area contributed by atoms with Gasteiger partial charge in [0.25, 0.3) is 5.56 Å². The molecule has 0 N–H and O–H groups in total. The summed E-state index contributed by atoms with van der Waals surface area (Å²) in [6.45, 7) is 0. The van der Waals surface area contributed by atoms with Crippen LogP contribution in [0, 0.1) is 0 Å². The lowest BCUT2D eigenvalue weighted by Gasteiger charge is -2.13. The van der Waals surface area contributed by atoms with Crippen LogP contribution in [-0.4, -0.2) is 35.9 Å². The summed E-state index contributed by atoms with van der Waals surface area (Å²) in [6.07, 6.45) is 1.71. The summed E-state index contributed by atoms with van der Waals surface area (Å²) in [5.41, 5.74) is 1.03. The van der Waals surface area contributed by atoms with Crippen molar-refractivity contribution in [3.05, 3.63) is 60.8 Å². The Balaban J connectivity index is 1.91. The molecule has 0 radical (unpaired) electrons. The molecule has 0 atom stereocenters. The van der Waals surface area contributed by atoms with E-state index in [1.54, 1.807) is 36.4 Å². The lowest BCUT2D eigenvalue weighted by molar-refractivity contribution is 0.324. The monoisotopic (exact) mass is 463 g/mol. The van der Waals surface area contributed by atoms with Crippen molar-refractivity contribution in [2.24, 2.45) is 0 Å². The average molecular weight is 464 g/mol. The number of fused-ring (bicyclic) bond motifs is 1. The molecule has 0 saturated carbocycles. The third-order valence-corrected chi connectivity index (χ3v) is 5.94. The topological polar surface area (TPSA) is 75.0 Å². The average Bonchev–Trinajstić information content (AvgIpc) is 3.29. The number of aromatic nitrogens is 3. The quantitative estimate of drug-likeness (QED) is 0.449. The van der Waals surface area contributed by atoms with Gasteiger partial charge in [-0.05, 0) is 35.9 Å². The molecule has 0 amide bonds. The first-order valence-electron chi connectivity index (χ1n) is 8.62. The van der Waals surface area contributed by atoms with Crippen molar-refractivity contribution >= 4 is 45.6 Å². The zero-order valence-corrected chi connectivity index (χ0v) is 18.4. The molecule has 0 aliphatic heterocycles. The maximum Gasteiger partial charge on any atom is 0.276 e. The van der Waals surface area contributed by atoms with Crippen molar-refractivity contribution in [2.45, 2.75) is 0 Å². The van der Waals surface area contributed by atoms with Crippen LogP contribution in [0.25, 0.3) is 22.4 Å². The molecule has 0 saturated heterocycles. The summed E-state index contributed by atoms with van der Waals surface area (Å²) in [7, 11) is 4.56. The zero-order valence-electron chi connectivity index (χ0n) is 16.1. The Morgan fingerprint density at radius 1 is 1.00 bits per heavy atom. The Morgan fingerprint density at radius 3 is 2.30 bits per heavy atom. The molecule has 30 heavy (non-hydrogen) atoms. The van der Waals surface area contributed by atoms with Gasteiger partial charge in [-0.2, -0.15) is 0 Å². The first kappa shape index (κ1) is 20.5. The normalized spacial score (nSPS) is 11.8. The van der Waals surface area contributed by atoms with Crippen molar-refractivity contribution in [1.82, 2.24) is 14.6 Å². The Hall–Kier alpha value is -2.81. The highest BCUT2D eigenvalue weighted by Gasteiger charge is 2.19. The number of nitrogens with zero attached hydrogens (tertiary/aromatic N) is 3. The van der Waals surface area contributed by atoms with Crippen LogP contribution in [0.15, 0.2) is 35.1 Å². The fourth-order valence-corrected chi connectivity index (χ4v) is 4.39. The van der Waals surface area contributed by atoms with Crippen LogP contribution >= 0.6 is 34.5 Å². The number of thiazole rings is 1. The van der Waals surface area contributed by atoms with Gasteiger partial charge in [-0.25, -0.2) is 4.40 Å². The van der Waals surface area contributed by atoms with E-state index in [9.17, 15) is 4.79 Å². The van der Waals surface area contributed by atoms with Crippen molar-refractivity contribution in [2.75, 3.05) is 21.3 Å². The minimum atomic E-state index is -0.255. The van der Waals surface area contributed by atoms with Crippen LogP contribution in [0.3, 0.4) is 0 Å². The van der Waals surface area contributed by atoms with E-state index >= 15 is 0 Å². The summed E-state index contributed by atoms with van der Waals surface area (Å²) in [5, 5.41) is 9.31. The Bertz CT molecular complexity index is 1340. The van der Waals surface area contributed by atoms with Crippen LogP contribution in [0.4, 0.5) is 0 Å². The molecule has 0 unspecified atom stereocenters. The highest BCUT2D eigenvalue weighted by Crippen LogP contribution is 2.40. The van der Waals surface area contributed by atoms with Gasteiger partial charge in [0.2, 0.25) is 10.7 Å². The minimum Gasteiger partial charge on any atom is -0.493 e. The molecule has 0 aliphatic rings. The Kier molecular flexibility index (Phi) is 5.55. The number of halogens is 2. The Labute approximate surface area is 185 Å². The second-order valence-electron chi connectivity index (χ2n) is 6.14. The summed E-state index contributed by atoms with van der Waals surface area (Å²) in [4.78, 5) is 13.6. The van der Waals surface area contributed by atoms with Crippen LogP contribution in [0.2, 0.25) is 10.0 Å². The standard InChI is InChI=1S/C20H15Cl2N3O4S/c1-27-14-6-11(7-15(28-2)17(14)29-3)18-23-24-20-25(18)19(26)16(30-20)8-10-4-5-12(21)9-13(10)22/h4-9H,1-3H3/b16-8+. The summed E-state index contributed by atoms with van der Waals surface area (Å²) < 4.78 is 18.1. The molecule has 4 aromatic rings. The number of ether oxygens (including phenoxy) is 3. The zero-order chi connectivity index (χ0) is 21.4. The lowest BCUT2D eigenvalue weighted by Crippen LogP contribution is -2.23. The van der Waals surface area contributed by atoms with Crippen LogP contribution in [-0.2, 0) is 0 Å². The van der Waals surface area contributed by atoms with Crippen molar-refractivity contribution in [3.8, 4) is 28.6 Å². The molecule has 0 bridgehead atoms. The summed E-state index contributed by atoms with van der Waals surface area (Å²) >= 11 is 13.4. The van der Waals surface area contributed by atoms with E-state index < -0.39 is 0 Å². The van der Waals surface area contributed by atoms with E-state index in [0.717, 1.165) is 0 Å². The SMILES string of the molecule is COc1cc(-c2nnc3s/c(=C/c4ccc(Cl)cc4Cl)c(=O)n23)cc(OC)c1OC. The number of rotatable bonds is 5. The van der Waals surface area contributed by atoms with Gasteiger partial charge < -0.3 is 14.2 Å². The smallest absolute Gasteiger partial charge is 0.276 e. The fraction of sp³-hybridized carbons (Fsp3) is 0.150. The van der Waals surface area contributed by atoms with E-state index in [-0.39, 0.29) is 5.56 Å². The molecular formula is C20H15Cl2N3O4S. The molecular weight excluding hydrogens is 449 g/mol. The predicted molar refractivity (Wildman–Crippen MR) is 117 cm³/mol. The third-order valence-electron chi connectivity index (χ3n) is 4.42. The van der Waals surface area contributed by atoms with Gasteiger partial charge in [0.05, 0.1) is 25.9 Å². The number of benzene rings is 2. The van der Waals surface area contributed by atoms with Gasteiger partial charge in [0, 0.05) is 15.6 Å². The van der Waals surface area contributed by atoms with E-state index in [1.807, 2.05) is 0 Å². The highest BCUT2D eigenvalue weighted by molar-refractivity contribution is 7.15. The molecule has 0 aliphatic carbocycles. The minimum absolute atomic E-state index is 0.255. The lowest BCUT2D eigenvalue weighted by atomic mass is 10.1. The third kappa shape index (κ3) is 3.47. The van der Waals surface area contributed by atoms with Gasteiger partial charge in [-0.15, -0.1) is 10.2 Å². The molecule has 10 heteroatoms. The van der Waals surface area contributed by atoms with Crippen molar-refractivity contribution < 1.29 is 14.2 Å². The van der Waals surface area contributed by atoms with E-state index in [1.165, 1.54) is 37.1 Å². The number of hydrogen-bond donors (Lipinski definition) is 0. The van der Waals surface area contributed by atoms with Gasteiger partial charge in [0.15, 0.2) is 17.3 Å². The fourth-order valence-electron chi connectivity index (χ4n) is 3.02. The second kappa shape index (κ2) is 8.14. The van der Waals surface area contributed by atoms with Crippen molar-refractivity contribution in [3.63, 3.8) is 0 Å². The maximum absolute atomic E-state index is 13.1. The summed E-state index contributed by atoms with van der Waals surface area (Å²) in [5.74, 6) is 1.72. The van der Waals surface area contributed by atoms with Gasteiger partial charge in [0.1, 0.15) is 0 Å². The largest absolute Gasteiger partial charge is 0.493 e. The number of methoxy groups -OCH3 is 3. The highest BCUT2D eigenvalue weighted by atomic mass is 35.5. The summed E-state index contributed by atoms with van der Waals surface area (Å²) in [6, 6.07) is 8.53. The van der Waals surface area contributed by atoms with Gasteiger partial charge >= 0.3 is 0 Å². The van der Waals surface area contributed by atoms with Crippen LogP contribution in [0.5, 0.6) is 17.2 Å². The van der Waals surface area contributed by atoms with E-state index in [0.29, 0.717) is 53.7 Å².